The minimum absolute atomic E-state index is 0.166. The third-order valence-electron chi connectivity index (χ3n) is 2.50. The van der Waals surface area contributed by atoms with E-state index in [2.05, 4.69) is 17.6 Å². The maximum absolute atomic E-state index is 11.3. The monoisotopic (exact) mass is 268 g/mol. The Morgan fingerprint density at radius 3 is 3.06 bits per heavy atom. The van der Waals surface area contributed by atoms with Crippen molar-refractivity contribution in [3.8, 4) is 0 Å². The van der Waals surface area contributed by atoms with Gasteiger partial charge in [-0.3, -0.25) is 4.90 Å². The fourth-order valence-corrected chi connectivity index (χ4v) is 2.50. The number of amides is 1. The van der Waals surface area contributed by atoms with Crippen LogP contribution in [0.3, 0.4) is 0 Å². The van der Waals surface area contributed by atoms with Gasteiger partial charge in [0.05, 0.1) is 15.7 Å². The maximum atomic E-state index is 11.3. The summed E-state index contributed by atoms with van der Waals surface area (Å²) in [6, 6.07) is 5.29. The summed E-state index contributed by atoms with van der Waals surface area (Å²) in [5, 5.41) is 9.23. The molecule has 1 unspecified atom stereocenters. The lowest BCUT2D eigenvalue weighted by atomic mass is 10.2. The number of carbonyl (C=O) groups is 1. The van der Waals surface area contributed by atoms with Crippen LogP contribution in [0.2, 0.25) is 0 Å². The number of fused-ring (bicyclic) bond motifs is 1. The number of rotatable bonds is 3. The molecule has 2 rings (SSSR count). The molecule has 1 amide bonds. The summed E-state index contributed by atoms with van der Waals surface area (Å²) in [6.45, 7) is 1.83. The molecule has 0 spiro atoms. The second-order valence-corrected chi connectivity index (χ2v) is 4.94. The van der Waals surface area contributed by atoms with E-state index in [-0.39, 0.29) is 6.04 Å². The molecule has 0 bridgehead atoms. The Kier molecular flexibility index (Phi) is 3.54. The van der Waals surface area contributed by atoms with E-state index in [1.54, 1.807) is 11.6 Å². The largest absolute Gasteiger partial charge is 0.465 e. The molecule has 90 valence electrons. The van der Waals surface area contributed by atoms with E-state index in [0.29, 0.717) is 11.4 Å². The van der Waals surface area contributed by atoms with E-state index in [4.69, 9.17) is 0 Å². The van der Waals surface area contributed by atoms with Crippen molar-refractivity contribution in [2.45, 2.75) is 13.0 Å². The topological polar surface area (TPSA) is 53.4 Å². The van der Waals surface area contributed by atoms with Gasteiger partial charge in [0.1, 0.15) is 0 Å². The first-order valence-corrected chi connectivity index (χ1v) is 6.61. The number of thiol groups is 1. The molecule has 4 nitrogen and oxygen atoms in total. The smallest absolute Gasteiger partial charge is 0.412 e. The molecule has 1 N–H and O–H groups in total. The van der Waals surface area contributed by atoms with Crippen molar-refractivity contribution in [3.05, 3.63) is 23.7 Å². The minimum Gasteiger partial charge on any atom is -0.465 e. The van der Waals surface area contributed by atoms with Crippen LogP contribution in [0.25, 0.3) is 10.2 Å². The van der Waals surface area contributed by atoms with Gasteiger partial charge in [0.15, 0.2) is 0 Å². The molecule has 1 atom stereocenters. The lowest BCUT2D eigenvalue weighted by Crippen LogP contribution is -2.38. The predicted octanol–water partition coefficient (Wildman–Crippen LogP) is 3.10. The van der Waals surface area contributed by atoms with Crippen molar-refractivity contribution >= 4 is 46.0 Å². The van der Waals surface area contributed by atoms with Crippen LogP contribution in [0.15, 0.2) is 23.7 Å². The van der Waals surface area contributed by atoms with Gasteiger partial charge in [-0.05, 0) is 25.1 Å². The molecule has 0 radical (unpaired) electrons. The molecular weight excluding hydrogens is 256 g/mol. The van der Waals surface area contributed by atoms with Crippen molar-refractivity contribution in [1.82, 2.24) is 4.98 Å². The second kappa shape index (κ2) is 4.93. The molecular formula is C11H12N2O2S2. The second-order valence-electron chi connectivity index (χ2n) is 3.69. The number of benzene rings is 1. The number of hydrogen-bond donors (Lipinski definition) is 2. The number of nitrogens with zero attached hydrogens (tertiary/aromatic N) is 2. The first-order valence-electron chi connectivity index (χ1n) is 5.09. The molecule has 0 aliphatic heterocycles. The van der Waals surface area contributed by atoms with E-state index in [1.807, 2.05) is 19.1 Å². The van der Waals surface area contributed by atoms with Crippen molar-refractivity contribution in [2.24, 2.45) is 0 Å². The Labute approximate surface area is 108 Å². The summed E-state index contributed by atoms with van der Waals surface area (Å²) in [6.07, 6.45) is -0.963. The quantitative estimate of drug-likeness (QED) is 0.841. The third kappa shape index (κ3) is 2.37. The van der Waals surface area contributed by atoms with E-state index in [1.165, 1.54) is 16.2 Å². The van der Waals surface area contributed by atoms with E-state index >= 15 is 0 Å². The highest BCUT2D eigenvalue weighted by Crippen LogP contribution is 2.26. The number of hydrogen-bond acceptors (Lipinski definition) is 4. The molecule has 1 aromatic carbocycles. The van der Waals surface area contributed by atoms with Gasteiger partial charge in [-0.2, -0.15) is 12.6 Å². The lowest BCUT2D eigenvalue weighted by Gasteiger charge is -2.25. The summed E-state index contributed by atoms with van der Waals surface area (Å²) in [7, 11) is 0. The summed E-state index contributed by atoms with van der Waals surface area (Å²) in [4.78, 5) is 16.7. The Bertz CT molecular complexity index is 541. The van der Waals surface area contributed by atoms with Crippen molar-refractivity contribution in [2.75, 3.05) is 10.7 Å². The Balaban J connectivity index is 2.44. The summed E-state index contributed by atoms with van der Waals surface area (Å²) in [5.41, 5.74) is 3.31. The maximum Gasteiger partial charge on any atom is 0.412 e. The fraction of sp³-hybridized carbons (Fsp3) is 0.273. The zero-order valence-corrected chi connectivity index (χ0v) is 10.9. The van der Waals surface area contributed by atoms with Gasteiger partial charge in [0.2, 0.25) is 0 Å². The molecule has 0 saturated carbocycles. The van der Waals surface area contributed by atoms with Crippen molar-refractivity contribution in [3.63, 3.8) is 0 Å². The van der Waals surface area contributed by atoms with Gasteiger partial charge >= 0.3 is 6.09 Å². The molecule has 17 heavy (non-hydrogen) atoms. The standard InChI is InChI=1S/C11H12N2O2S2/c1-7(5-16)13(11(14)15)8-2-3-9-10(4-8)17-6-12-9/h2-4,6-7,16H,5H2,1H3,(H,14,15). The van der Waals surface area contributed by atoms with E-state index in [9.17, 15) is 9.90 Å². The molecule has 0 saturated heterocycles. The van der Waals surface area contributed by atoms with Crippen LogP contribution in [0.1, 0.15) is 6.92 Å². The minimum atomic E-state index is -0.963. The Morgan fingerprint density at radius 2 is 2.41 bits per heavy atom. The van der Waals surface area contributed by atoms with Crippen LogP contribution in [-0.2, 0) is 0 Å². The number of carboxylic acid groups (broad SMARTS) is 1. The molecule has 1 aromatic heterocycles. The van der Waals surface area contributed by atoms with Crippen LogP contribution in [-0.4, -0.2) is 28.0 Å². The van der Waals surface area contributed by atoms with Gasteiger partial charge in [0.25, 0.3) is 0 Å². The Morgan fingerprint density at radius 1 is 1.65 bits per heavy atom. The Hall–Kier alpha value is -1.27. The van der Waals surface area contributed by atoms with Gasteiger partial charge in [0, 0.05) is 17.5 Å². The summed E-state index contributed by atoms with van der Waals surface area (Å²) >= 11 is 5.65. The van der Waals surface area contributed by atoms with Crippen molar-refractivity contribution < 1.29 is 9.90 Å². The highest BCUT2D eigenvalue weighted by molar-refractivity contribution is 7.80. The van der Waals surface area contributed by atoms with Crippen LogP contribution in [0.4, 0.5) is 10.5 Å². The first kappa shape index (κ1) is 12.2. The van der Waals surface area contributed by atoms with Crippen molar-refractivity contribution in [1.29, 1.82) is 0 Å². The molecule has 1 heterocycles. The number of aromatic nitrogens is 1. The predicted molar refractivity (Wildman–Crippen MR) is 73.4 cm³/mol. The van der Waals surface area contributed by atoms with E-state index in [0.717, 1.165) is 10.2 Å². The first-order chi connectivity index (χ1) is 8.13. The molecule has 6 heteroatoms. The average molecular weight is 268 g/mol. The fourth-order valence-electron chi connectivity index (χ4n) is 1.63. The van der Waals surface area contributed by atoms with Gasteiger partial charge in [-0.25, -0.2) is 9.78 Å². The average Bonchev–Trinajstić information content (AvgIpc) is 2.75. The van der Waals surface area contributed by atoms with Gasteiger partial charge in [-0.1, -0.05) is 0 Å². The van der Waals surface area contributed by atoms with Gasteiger partial charge in [-0.15, -0.1) is 11.3 Å². The van der Waals surface area contributed by atoms with Crippen LogP contribution >= 0.6 is 24.0 Å². The van der Waals surface area contributed by atoms with Crippen LogP contribution < -0.4 is 4.90 Å². The zero-order valence-electron chi connectivity index (χ0n) is 9.20. The number of anilines is 1. The lowest BCUT2D eigenvalue weighted by molar-refractivity contribution is 0.200. The summed E-state index contributed by atoms with van der Waals surface area (Å²) < 4.78 is 0.986. The van der Waals surface area contributed by atoms with Crippen LogP contribution in [0, 0.1) is 0 Å². The number of thiazole rings is 1. The molecule has 0 aliphatic carbocycles. The highest BCUT2D eigenvalue weighted by Gasteiger charge is 2.20. The summed E-state index contributed by atoms with van der Waals surface area (Å²) in [5.74, 6) is 0.479. The van der Waals surface area contributed by atoms with Crippen LogP contribution in [0.5, 0.6) is 0 Å². The highest BCUT2D eigenvalue weighted by atomic mass is 32.1. The molecule has 2 aromatic rings. The molecule has 0 aliphatic rings. The normalized spacial score (nSPS) is 12.6. The SMILES string of the molecule is CC(CS)N(C(=O)O)c1ccc2ncsc2c1. The van der Waals surface area contributed by atoms with E-state index < -0.39 is 6.09 Å². The molecule has 0 fully saturated rings. The van der Waals surface area contributed by atoms with Gasteiger partial charge < -0.3 is 5.11 Å². The third-order valence-corrected chi connectivity index (χ3v) is 3.82. The zero-order chi connectivity index (χ0) is 12.4.